The molecular weight excluding hydrogens is 606 g/mol. The Morgan fingerprint density at radius 2 is 1.91 bits per heavy atom. The third-order valence-electron chi connectivity index (χ3n) is 7.38. The van der Waals surface area contributed by atoms with Gasteiger partial charge in [0.2, 0.25) is 0 Å². The molecule has 15 heteroatoms. The average molecular weight is 639 g/mol. The molecule has 1 unspecified atom stereocenters. The summed E-state index contributed by atoms with van der Waals surface area (Å²) in [7, 11) is -4.56. The minimum atomic E-state index is -4.56. The third-order valence-corrected chi connectivity index (χ3v) is 9.58. The number of carbonyl (C=O) groups is 1. The maximum absolute atomic E-state index is 14.9. The SMILES string of the molecule is C#C[C@]1(COP(=O)(Oc2ccccc2)N(C(C)C)[C@@H](Cc2ccccc2)C(=O)O)O[C@@H](n2cnc3c(N)nc(F)nc32)C[C@@H]1O. The number of carboxylic acid groups (broad SMARTS) is 1. The van der Waals surface area contributed by atoms with Crippen molar-refractivity contribution < 1.29 is 37.7 Å². The van der Waals surface area contributed by atoms with Crippen LogP contribution in [0.5, 0.6) is 5.75 Å². The molecule has 45 heavy (non-hydrogen) atoms. The number of nitrogens with two attached hydrogens (primary N) is 1. The molecule has 1 fully saturated rings. The van der Waals surface area contributed by atoms with Crippen LogP contribution in [0, 0.1) is 18.4 Å². The molecule has 0 radical (unpaired) electrons. The van der Waals surface area contributed by atoms with Crippen LogP contribution in [0.2, 0.25) is 0 Å². The zero-order valence-corrected chi connectivity index (χ0v) is 25.3. The van der Waals surface area contributed by atoms with E-state index in [-0.39, 0.29) is 35.6 Å². The van der Waals surface area contributed by atoms with Gasteiger partial charge in [-0.25, -0.2) is 9.55 Å². The van der Waals surface area contributed by atoms with Gasteiger partial charge in [0.25, 0.3) is 0 Å². The highest BCUT2D eigenvalue weighted by atomic mass is 31.2. The second-order valence-electron chi connectivity index (χ2n) is 10.7. The fraction of sp³-hybridized carbons (Fsp3) is 0.333. The van der Waals surface area contributed by atoms with Gasteiger partial charge in [-0.05, 0) is 38.0 Å². The lowest BCUT2D eigenvalue weighted by Gasteiger charge is -2.38. The molecule has 4 aromatic rings. The topological polar surface area (TPSA) is 175 Å². The molecule has 0 aliphatic carbocycles. The van der Waals surface area contributed by atoms with Crippen LogP contribution >= 0.6 is 7.75 Å². The van der Waals surface area contributed by atoms with Crippen LogP contribution in [-0.2, 0) is 25.0 Å². The van der Waals surface area contributed by atoms with Crippen LogP contribution in [0.4, 0.5) is 10.2 Å². The van der Waals surface area contributed by atoms with Crippen molar-refractivity contribution in [1.82, 2.24) is 24.2 Å². The summed E-state index contributed by atoms with van der Waals surface area (Å²) in [5.74, 6) is 1.13. The van der Waals surface area contributed by atoms with E-state index < -0.39 is 56.4 Å². The summed E-state index contributed by atoms with van der Waals surface area (Å²) >= 11 is 0. The summed E-state index contributed by atoms with van der Waals surface area (Å²) in [5, 5.41) is 21.5. The Morgan fingerprint density at radius 1 is 1.24 bits per heavy atom. The zero-order chi connectivity index (χ0) is 32.4. The first-order chi connectivity index (χ1) is 21.5. The molecule has 0 amide bonds. The largest absolute Gasteiger partial charge is 0.480 e. The number of para-hydroxylation sites is 1. The number of nitrogen functional groups attached to an aromatic ring is 1. The summed E-state index contributed by atoms with van der Waals surface area (Å²) in [5.41, 5.74) is 4.72. The molecule has 3 heterocycles. The number of hydrogen-bond acceptors (Lipinski definition) is 10. The summed E-state index contributed by atoms with van der Waals surface area (Å²) in [6, 6.07) is 15.0. The Kier molecular flexibility index (Phi) is 9.20. The summed E-state index contributed by atoms with van der Waals surface area (Å²) < 4.78 is 49.5. The van der Waals surface area contributed by atoms with Crippen LogP contribution in [0.25, 0.3) is 11.2 Å². The number of aliphatic hydroxyl groups excluding tert-OH is 1. The van der Waals surface area contributed by atoms with E-state index in [2.05, 4.69) is 20.9 Å². The van der Waals surface area contributed by atoms with Crippen LogP contribution in [0.15, 0.2) is 67.0 Å². The molecule has 0 bridgehead atoms. The predicted octanol–water partition coefficient (Wildman–Crippen LogP) is 3.81. The van der Waals surface area contributed by atoms with E-state index in [0.29, 0.717) is 5.56 Å². The number of anilines is 1. The van der Waals surface area contributed by atoms with E-state index in [1.165, 1.54) is 15.6 Å². The minimum absolute atomic E-state index is 0.0141. The van der Waals surface area contributed by atoms with Crippen molar-refractivity contribution in [3.8, 4) is 18.1 Å². The van der Waals surface area contributed by atoms with Gasteiger partial charge in [-0.1, -0.05) is 54.5 Å². The normalized spacial score (nSPS) is 21.9. The van der Waals surface area contributed by atoms with Crippen LogP contribution in [0.1, 0.15) is 32.1 Å². The quantitative estimate of drug-likeness (QED) is 0.116. The van der Waals surface area contributed by atoms with Crippen LogP contribution in [0.3, 0.4) is 0 Å². The fourth-order valence-corrected chi connectivity index (χ4v) is 7.33. The zero-order valence-electron chi connectivity index (χ0n) is 24.4. The smallest absolute Gasteiger partial charge is 0.462 e. The van der Waals surface area contributed by atoms with E-state index in [1.54, 1.807) is 74.5 Å². The first-order valence-electron chi connectivity index (χ1n) is 14.0. The number of aliphatic carboxylic acids is 1. The number of rotatable bonds is 12. The lowest BCUT2D eigenvalue weighted by Crippen LogP contribution is -2.47. The monoisotopic (exact) mass is 638 g/mol. The van der Waals surface area contributed by atoms with Crippen LogP contribution in [-0.4, -0.2) is 70.8 Å². The molecule has 13 nitrogen and oxygen atoms in total. The van der Waals surface area contributed by atoms with Crippen molar-refractivity contribution in [3.05, 3.63) is 78.6 Å². The van der Waals surface area contributed by atoms with Gasteiger partial charge < -0.3 is 25.2 Å². The van der Waals surface area contributed by atoms with Gasteiger partial charge in [-0.2, -0.15) is 19.0 Å². The molecule has 4 N–H and O–H groups in total. The Bertz CT molecular complexity index is 1750. The first kappa shape index (κ1) is 32.0. The van der Waals surface area contributed by atoms with Crippen LogP contribution < -0.4 is 10.3 Å². The van der Waals surface area contributed by atoms with Crippen molar-refractivity contribution >= 4 is 30.7 Å². The molecule has 5 atom stereocenters. The lowest BCUT2D eigenvalue weighted by molar-refractivity contribution is -0.142. The third kappa shape index (κ3) is 6.54. The highest BCUT2D eigenvalue weighted by Crippen LogP contribution is 2.56. The van der Waals surface area contributed by atoms with E-state index in [4.69, 9.17) is 25.9 Å². The highest BCUT2D eigenvalue weighted by molar-refractivity contribution is 7.51. The number of carboxylic acids is 1. The number of benzene rings is 2. The van der Waals surface area contributed by atoms with E-state index >= 15 is 0 Å². The number of terminal acetylenes is 1. The number of hydrogen-bond donors (Lipinski definition) is 3. The van der Waals surface area contributed by atoms with Crippen molar-refractivity contribution in [2.45, 2.75) is 56.7 Å². The Balaban J connectivity index is 1.49. The van der Waals surface area contributed by atoms with E-state index in [1.807, 2.05) is 0 Å². The van der Waals surface area contributed by atoms with Gasteiger partial charge in [0, 0.05) is 12.5 Å². The second kappa shape index (κ2) is 12.9. The molecular formula is C30H32FN6O7P. The maximum Gasteiger partial charge on any atom is 0.462 e. The number of fused-ring (bicyclic) bond motifs is 1. The van der Waals surface area contributed by atoms with Crippen molar-refractivity contribution in [2.24, 2.45) is 0 Å². The van der Waals surface area contributed by atoms with Gasteiger partial charge in [0.15, 0.2) is 22.6 Å². The Hall–Kier alpha value is -4.38. The molecule has 236 valence electrons. The summed E-state index contributed by atoms with van der Waals surface area (Å²) in [6.07, 6.45) is 3.61. The van der Waals surface area contributed by atoms with Crippen molar-refractivity contribution in [2.75, 3.05) is 12.3 Å². The summed E-state index contributed by atoms with van der Waals surface area (Å²) in [6.45, 7) is 2.66. The van der Waals surface area contributed by atoms with Gasteiger partial charge in [-0.3, -0.25) is 13.9 Å². The fourth-order valence-electron chi connectivity index (χ4n) is 5.22. The average Bonchev–Trinajstić information content (AvgIpc) is 3.57. The highest BCUT2D eigenvalue weighted by Gasteiger charge is 2.52. The number of imidazole rings is 1. The maximum atomic E-state index is 14.9. The minimum Gasteiger partial charge on any atom is -0.480 e. The van der Waals surface area contributed by atoms with Crippen molar-refractivity contribution in [1.29, 1.82) is 0 Å². The molecule has 0 spiro atoms. The number of ether oxygens (including phenoxy) is 1. The Morgan fingerprint density at radius 3 is 2.53 bits per heavy atom. The number of halogens is 1. The van der Waals surface area contributed by atoms with E-state index in [0.717, 1.165) is 0 Å². The second-order valence-corrected chi connectivity index (χ2v) is 12.6. The molecule has 1 aliphatic rings. The molecule has 5 rings (SSSR count). The number of aromatic nitrogens is 4. The van der Waals surface area contributed by atoms with Gasteiger partial charge in [0.1, 0.15) is 30.7 Å². The molecule has 2 aromatic heterocycles. The number of aliphatic hydroxyl groups is 1. The van der Waals surface area contributed by atoms with Gasteiger partial charge >= 0.3 is 19.8 Å². The van der Waals surface area contributed by atoms with Gasteiger partial charge in [-0.15, -0.1) is 6.42 Å². The van der Waals surface area contributed by atoms with Gasteiger partial charge in [0.05, 0.1) is 6.33 Å². The predicted molar refractivity (Wildman–Crippen MR) is 161 cm³/mol. The van der Waals surface area contributed by atoms with E-state index in [9.17, 15) is 24.0 Å². The molecule has 2 aromatic carbocycles. The number of nitrogens with zero attached hydrogens (tertiary/aromatic N) is 5. The lowest BCUT2D eigenvalue weighted by atomic mass is 9.99. The first-order valence-corrected chi connectivity index (χ1v) is 15.5. The molecule has 1 aliphatic heterocycles. The molecule has 1 saturated heterocycles. The van der Waals surface area contributed by atoms with Crippen molar-refractivity contribution in [3.63, 3.8) is 0 Å². The standard InChI is InChI=1S/C30H32FN6O7P/c1-4-30(23(38)16-24(43-30)36-18-33-25-26(32)34-29(31)35-27(25)36)17-42-45(41,44-21-13-9-6-10-14-21)37(19(2)3)22(28(39)40)15-20-11-7-5-8-12-20/h1,5-14,18-19,22-24,38H,15-17H2,2-3H3,(H,39,40)(H2,32,34,35)/t22-,23-,24+,30+,45?/m0/s1. The molecule has 0 saturated carbocycles. The Labute approximate surface area is 258 Å². The summed E-state index contributed by atoms with van der Waals surface area (Å²) in [4.78, 5) is 24.0.